The van der Waals surface area contributed by atoms with Crippen LogP contribution in [0.15, 0.2) is 61.2 Å². The zero-order chi connectivity index (χ0) is 27.5. The molecule has 1 saturated heterocycles. The van der Waals surface area contributed by atoms with Crippen LogP contribution in [-0.4, -0.2) is 78.6 Å². The van der Waals surface area contributed by atoms with Crippen LogP contribution < -0.4 is 5.32 Å². The first-order valence-electron chi connectivity index (χ1n) is 13.7. The number of nitrogens with one attached hydrogen (secondary N) is 3. The predicted octanol–water partition coefficient (Wildman–Crippen LogP) is 3.79. The van der Waals surface area contributed by atoms with E-state index < -0.39 is 0 Å². The molecule has 0 unspecified atom stereocenters. The lowest BCUT2D eigenvalue weighted by Crippen LogP contribution is -2.48. The van der Waals surface area contributed by atoms with Crippen molar-refractivity contribution < 1.29 is 4.79 Å². The van der Waals surface area contributed by atoms with Gasteiger partial charge in [-0.1, -0.05) is 19.1 Å². The molecule has 0 aliphatic carbocycles. The van der Waals surface area contributed by atoms with Gasteiger partial charge in [0, 0.05) is 68.8 Å². The third-order valence-corrected chi connectivity index (χ3v) is 7.56. The molecule has 5 aromatic rings. The number of H-pyrrole nitrogens is 2. The fraction of sp³-hybridized carbons (Fsp3) is 0.300. The lowest BCUT2D eigenvalue weighted by molar-refractivity contribution is 0.0622. The summed E-state index contributed by atoms with van der Waals surface area (Å²) in [6, 6.07) is 12.2. The predicted molar refractivity (Wildman–Crippen MR) is 154 cm³/mol. The van der Waals surface area contributed by atoms with Crippen LogP contribution >= 0.6 is 0 Å². The van der Waals surface area contributed by atoms with E-state index in [1.165, 1.54) is 11.1 Å². The van der Waals surface area contributed by atoms with E-state index in [2.05, 4.69) is 66.3 Å². The minimum Gasteiger partial charge on any atom is -0.335 e. The van der Waals surface area contributed by atoms with E-state index in [0.29, 0.717) is 30.3 Å². The molecule has 40 heavy (non-hydrogen) atoms. The molecule has 10 nitrogen and oxygen atoms in total. The normalized spacial score (nSPS) is 14.2. The van der Waals surface area contributed by atoms with Gasteiger partial charge >= 0.3 is 0 Å². The molecule has 1 amide bonds. The number of imidazole rings is 1. The van der Waals surface area contributed by atoms with E-state index in [0.717, 1.165) is 60.4 Å². The van der Waals surface area contributed by atoms with Crippen molar-refractivity contribution in [2.45, 2.75) is 26.9 Å². The van der Waals surface area contributed by atoms with Crippen LogP contribution in [0.1, 0.15) is 34.2 Å². The average molecular weight is 536 g/mol. The molecule has 5 heterocycles. The van der Waals surface area contributed by atoms with Crippen LogP contribution in [0, 0.1) is 6.92 Å². The largest absolute Gasteiger partial charge is 0.335 e. The van der Waals surface area contributed by atoms with E-state index >= 15 is 0 Å². The topological polar surface area (TPSA) is 119 Å². The van der Waals surface area contributed by atoms with Crippen molar-refractivity contribution in [2.24, 2.45) is 0 Å². The Bertz CT molecular complexity index is 1620. The summed E-state index contributed by atoms with van der Waals surface area (Å²) in [5.74, 6) is 0.521. The number of aromatic nitrogens is 6. The molecule has 0 spiro atoms. The maximum absolute atomic E-state index is 13.3. The molecule has 0 saturated carbocycles. The highest BCUT2D eigenvalue weighted by Crippen LogP contribution is 2.31. The van der Waals surface area contributed by atoms with Crippen molar-refractivity contribution in [3.63, 3.8) is 0 Å². The van der Waals surface area contributed by atoms with Gasteiger partial charge in [0.05, 0.1) is 17.4 Å². The molecule has 1 aromatic carbocycles. The van der Waals surface area contributed by atoms with Crippen molar-refractivity contribution >= 4 is 16.8 Å². The van der Waals surface area contributed by atoms with Gasteiger partial charge in [0.1, 0.15) is 11.4 Å². The van der Waals surface area contributed by atoms with Crippen molar-refractivity contribution in [2.75, 3.05) is 32.7 Å². The number of rotatable bonds is 8. The molecule has 1 aliphatic rings. The van der Waals surface area contributed by atoms with Gasteiger partial charge in [-0.05, 0) is 54.4 Å². The zero-order valence-corrected chi connectivity index (χ0v) is 22.8. The first-order chi connectivity index (χ1) is 19.6. The van der Waals surface area contributed by atoms with Gasteiger partial charge in [0.2, 0.25) is 0 Å². The van der Waals surface area contributed by atoms with Crippen molar-refractivity contribution in [3.8, 4) is 22.6 Å². The second-order valence-corrected chi connectivity index (χ2v) is 10.1. The standard InChI is InChI=1S/C30H33N9O/c1-3-31-15-22-16-32-17-25(20(22)2)21-7-8-26-24(14-21)28(37-36-26)29-34-18-27(35-29)30(40)39-12-10-38(11-13-39)19-23-6-4-5-9-33-23/h4-9,14,16-18,31H,3,10-13,15,19H2,1-2H3,(H,34,35)(H,36,37). The van der Waals surface area contributed by atoms with E-state index in [9.17, 15) is 4.79 Å². The van der Waals surface area contributed by atoms with Crippen LogP contribution in [0.2, 0.25) is 0 Å². The molecule has 204 valence electrons. The Morgan fingerprint density at radius 3 is 2.73 bits per heavy atom. The number of carbonyl (C=O) groups is 1. The summed E-state index contributed by atoms with van der Waals surface area (Å²) in [6.07, 6.45) is 7.26. The fourth-order valence-corrected chi connectivity index (χ4v) is 5.21. The number of hydrogen-bond donors (Lipinski definition) is 3. The minimum absolute atomic E-state index is 0.0454. The van der Waals surface area contributed by atoms with E-state index in [-0.39, 0.29) is 5.91 Å². The Hall–Kier alpha value is -4.41. The molecule has 1 fully saturated rings. The molecular formula is C30H33N9O. The third-order valence-electron chi connectivity index (χ3n) is 7.56. The number of carbonyl (C=O) groups excluding carboxylic acids is 1. The Kier molecular flexibility index (Phi) is 7.35. The second kappa shape index (κ2) is 11.4. The lowest BCUT2D eigenvalue weighted by Gasteiger charge is -2.34. The van der Waals surface area contributed by atoms with Gasteiger partial charge in [0.15, 0.2) is 5.82 Å². The highest BCUT2D eigenvalue weighted by molar-refractivity contribution is 5.96. The van der Waals surface area contributed by atoms with E-state index in [4.69, 9.17) is 0 Å². The molecule has 10 heteroatoms. The molecule has 0 radical (unpaired) electrons. The average Bonchev–Trinajstić information content (AvgIpc) is 3.64. The molecule has 6 rings (SSSR count). The van der Waals surface area contributed by atoms with Crippen LogP contribution in [0.25, 0.3) is 33.5 Å². The smallest absolute Gasteiger partial charge is 0.272 e. The summed E-state index contributed by atoms with van der Waals surface area (Å²) in [5.41, 5.74) is 7.63. The van der Waals surface area contributed by atoms with Crippen LogP contribution in [0.5, 0.6) is 0 Å². The Morgan fingerprint density at radius 1 is 1.05 bits per heavy atom. The highest BCUT2D eigenvalue weighted by atomic mass is 16.2. The van der Waals surface area contributed by atoms with Crippen LogP contribution in [-0.2, 0) is 13.1 Å². The molecule has 0 atom stereocenters. The number of fused-ring (bicyclic) bond motifs is 1. The number of amides is 1. The number of benzene rings is 1. The van der Waals surface area contributed by atoms with E-state index in [1.807, 2.05) is 47.8 Å². The van der Waals surface area contributed by atoms with Crippen LogP contribution in [0.4, 0.5) is 0 Å². The minimum atomic E-state index is -0.0454. The highest BCUT2D eigenvalue weighted by Gasteiger charge is 2.24. The van der Waals surface area contributed by atoms with E-state index in [1.54, 1.807) is 6.20 Å². The number of nitrogens with zero attached hydrogens (tertiary/aromatic N) is 6. The third kappa shape index (κ3) is 5.23. The number of piperazine rings is 1. The summed E-state index contributed by atoms with van der Waals surface area (Å²) in [6.45, 7) is 9.64. The molecule has 3 N–H and O–H groups in total. The maximum Gasteiger partial charge on any atom is 0.272 e. The summed E-state index contributed by atoms with van der Waals surface area (Å²) in [4.78, 5) is 34.1. The fourth-order valence-electron chi connectivity index (χ4n) is 5.21. The van der Waals surface area contributed by atoms with Gasteiger partial charge in [-0.15, -0.1) is 0 Å². The first-order valence-corrected chi connectivity index (χ1v) is 13.7. The second-order valence-electron chi connectivity index (χ2n) is 10.1. The van der Waals surface area contributed by atoms with Crippen molar-refractivity contribution in [1.29, 1.82) is 0 Å². The lowest BCUT2D eigenvalue weighted by atomic mass is 9.98. The Labute approximate surface area is 232 Å². The van der Waals surface area contributed by atoms with Crippen LogP contribution in [0.3, 0.4) is 0 Å². The van der Waals surface area contributed by atoms with Gasteiger partial charge < -0.3 is 15.2 Å². The number of hydrogen-bond acceptors (Lipinski definition) is 7. The van der Waals surface area contributed by atoms with Gasteiger partial charge in [0.25, 0.3) is 5.91 Å². The quantitative estimate of drug-likeness (QED) is 0.277. The summed E-state index contributed by atoms with van der Waals surface area (Å²) < 4.78 is 0. The first kappa shape index (κ1) is 25.8. The monoisotopic (exact) mass is 535 g/mol. The SMILES string of the molecule is CCNCc1cncc(-c2ccc3[nH]nc(-c4ncc(C(=O)N5CCN(Cc6ccccn6)CC5)[nH]4)c3c2)c1C. The molecule has 0 bridgehead atoms. The molecular weight excluding hydrogens is 502 g/mol. The molecule has 1 aliphatic heterocycles. The zero-order valence-electron chi connectivity index (χ0n) is 22.8. The van der Waals surface area contributed by atoms with Gasteiger partial charge in [-0.3, -0.25) is 24.8 Å². The van der Waals surface area contributed by atoms with Gasteiger partial charge in [-0.2, -0.15) is 5.10 Å². The van der Waals surface area contributed by atoms with Crippen molar-refractivity contribution in [1.82, 2.24) is 45.2 Å². The van der Waals surface area contributed by atoms with Crippen molar-refractivity contribution in [3.05, 3.63) is 83.7 Å². The summed E-state index contributed by atoms with van der Waals surface area (Å²) in [7, 11) is 0. The maximum atomic E-state index is 13.3. The van der Waals surface area contributed by atoms with Gasteiger partial charge in [-0.25, -0.2) is 4.98 Å². The molecule has 4 aromatic heterocycles. The Balaban J connectivity index is 1.18. The number of aromatic amines is 2. The Morgan fingerprint density at radius 2 is 1.93 bits per heavy atom. The summed E-state index contributed by atoms with van der Waals surface area (Å²) >= 11 is 0. The summed E-state index contributed by atoms with van der Waals surface area (Å²) in [5, 5.41) is 12.0. The number of pyridine rings is 2.